The van der Waals surface area contributed by atoms with E-state index in [1.807, 2.05) is 0 Å². The number of aryl methyl sites for hydroxylation is 1. The lowest BCUT2D eigenvalue weighted by molar-refractivity contribution is -0.148. The van der Waals surface area contributed by atoms with Gasteiger partial charge in [0.05, 0.1) is 18.2 Å². The van der Waals surface area contributed by atoms with Crippen molar-refractivity contribution in [3.63, 3.8) is 0 Å². The first-order valence-electron chi connectivity index (χ1n) is 8.64. The number of carboxylic acid groups (broad SMARTS) is 1. The standard InChI is InChI=1S/C19H23NO3/c1-2-12-4-3-5-14-15-8-11-23-19(17(15)20-16(12)14)9-6-13(7-10-19)18(21)22/h3-5,13,20H,2,6-11H2,1H3,(H,21,22). The molecule has 2 N–H and O–H groups in total. The Labute approximate surface area is 135 Å². The Kier molecular flexibility index (Phi) is 3.45. The van der Waals surface area contributed by atoms with E-state index in [1.54, 1.807) is 0 Å². The zero-order valence-electron chi connectivity index (χ0n) is 13.5. The summed E-state index contributed by atoms with van der Waals surface area (Å²) in [5.74, 6) is -0.883. The summed E-state index contributed by atoms with van der Waals surface area (Å²) in [6, 6.07) is 6.52. The largest absolute Gasteiger partial charge is 0.481 e. The van der Waals surface area contributed by atoms with E-state index in [-0.39, 0.29) is 11.5 Å². The minimum atomic E-state index is -0.666. The highest BCUT2D eigenvalue weighted by molar-refractivity contribution is 5.88. The molecule has 1 aliphatic carbocycles. The maximum Gasteiger partial charge on any atom is 0.306 e. The van der Waals surface area contributed by atoms with Gasteiger partial charge < -0.3 is 14.8 Å². The van der Waals surface area contributed by atoms with Gasteiger partial charge in [-0.1, -0.05) is 25.1 Å². The summed E-state index contributed by atoms with van der Waals surface area (Å²) in [4.78, 5) is 14.9. The second-order valence-electron chi connectivity index (χ2n) is 6.88. The summed E-state index contributed by atoms with van der Waals surface area (Å²) >= 11 is 0. The van der Waals surface area contributed by atoms with Crippen LogP contribution in [0.25, 0.3) is 10.9 Å². The van der Waals surface area contributed by atoms with E-state index in [0.717, 1.165) is 32.3 Å². The number of para-hydroxylation sites is 1. The number of hydrogen-bond donors (Lipinski definition) is 2. The van der Waals surface area contributed by atoms with E-state index in [9.17, 15) is 9.90 Å². The third-order valence-electron chi connectivity index (χ3n) is 5.74. The molecule has 0 amide bonds. The van der Waals surface area contributed by atoms with Crippen LogP contribution < -0.4 is 0 Å². The van der Waals surface area contributed by atoms with Crippen LogP contribution >= 0.6 is 0 Å². The molecule has 2 aromatic rings. The lowest BCUT2D eigenvalue weighted by Crippen LogP contribution is -2.40. The Morgan fingerprint density at radius 1 is 1.39 bits per heavy atom. The number of carboxylic acids is 1. The quantitative estimate of drug-likeness (QED) is 0.887. The Hall–Kier alpha value is -1.81. The molecule has 23 heavy (non-hydrogen) atoms. The second kappa shape index (κ2) is 5.38. The van der Waals surface area contributed by atoms with Crippen LogP contribution in [0.4, 0.5) is 0 Å². The summed E-state index contributed by atoms with van der Waals surface area (Å²) in [5, 5.41) is 10.6. The van der Waals surface area contributed by atoms with Gasteiger partial charge in [-0.25, -0.2) is 0 Å². The van der Waals surface area contributed by atoms with Crippen molar-refractivity contribution in [1.29, 1.82) is 0 Å². The Morgan fingerprint density at radius 2 is 2.17 bits per heavy atom. The molecule has 122 valence electrons. The molecule has 0 atom stereocenters. The van der Waals surface area contributed by atoms with Gasteiger partial charge in [0.25, 0.3) is 0 Å². The van der Waals surface area contributed by atoms with Crippen molar-refractivity contribution < 1.29 is 14.6 Å². The SMILES string of the molecule is CCc1cccc2c3c([nH]c12)C1(CCC(C(=O)O)CC1)OCC3. The molecule has 1 saturated carbocycles. The molecule has 1 spiro atoms. The number of ether oxygens (including phenoxy) is 1. The van der Waals surface area contributed by atoms with E-state index < -0.39 is 5.97 Å². The van der Waals surface area contributed by atoms with Crippen LogP contribution in [0.5, 0.6) is 0 Å². The van der Waals surface area contributed by atoms with Gasteiger partial charge in [0, 0.05) is 10.9 Å². The number of aromatic amines is 1. The number of fused-ring (bicyclic) bond motifs is 4. The fourth-order valence-electron chi connectivity index (χ4n) is 4.42. The number of rotatable bonds is 2. The van der Waals surface area contributed by atoms with Gasteiger partial charge >= 0.3 is 5.97 Å². The molecule has 1 fully saturated rings. The maximum atomic E-state index is 11.2. The van der Waals surface area contributed by atoms with E-state index in [4.69, 9.17) is 4.74 Å². The number of benzene rings is 1. The molecule has 2 aliphatic rings. The minimum absolute atomic E-state index is 0.217. The molecular weight excluding hydrogens is 290 g/mol. The predicted molar refractivity (Wildman–Crippen MR) is 88.6 cm³/mol. The fraction of sp³-hybridized carbons (Fsp3) is 0.526. The van der Waals surface area contributed by atoms with Crippen LogP contribution in [-0.2, 0) is 28.0 Å². The third kappa shape index (κ3) is 2.19. The molecule has 0 unspecified atom stereocenters. The van der Waals surface area contributed by atoms with Gasteiger partial charge in [0.15, 0.2) is 0 Å². The van der Waals surface area contributed by atoms with Gasteiger partial charge in [0.2, 0.25) is 0 Å². The first-order chi connectivity index (χ1) is 11.1. The Balaban J connectivity index is 1.79. The topological polar surface area (TPSA) is 62.3 Å². The lowest BCUT2D eigenvalue weighted by Gasteiger charge is -2.41. The lowest BCUT2D eigenvalue weighted by atomic mass is 9.75. The monoisotopic (exact) mass is 313 g/mol. The summed E-state index contributed by atoms with van der Waals surface area (Å²) in [7, 11) is 0. The van der Waals surface area contributed by atoms with Crippen LogP contribution in [-0.4, -0.2) is 22.7 Å². The molecule has 4 rings (SSSR count). The molecule has 0 radical (unpaired) electrons. The Bertz CT molecular complexity index is 753. The maximum absolute atomic E-state index is 11.2. The van der Waals surface area contributed by atoms with Crippen molar-refractivity contribution >= 4 is 16.9 Å². The van der Waals surface area contributed by atoms with Gasteiger partial charge in [-0.15, -0.1) is 0 Å². The summed E-state index contributed by atoms with van der Waals surface area (Å²) in [6.07, 6.45) is 4.93. The molecular formula is C19H23NO3. The highest BCUT2D eigenvalue weighted by atomic mass is 16.5. The zero-order valence-corrected chi connectivity index (χ0v) is 13.5. The third-order valence-corrected chi connectivity index (χ3v) is 5.74. The van der Waals surface area contributed by atoms with Gasteiger partial charge in [-0.2, -0.15) is 0 Å². The number of H-pyrrole nitrogens is 1. The van der Waals surface area contributed by atoms with Gasteiger partial charge in [0.1, 0.15) is 5.60 Å². The molecule has 4 heteroatoms. The molecule has 0 bridgehead atoms. The van der Waals surface area contributed by atoms with E-state index in [0.29, 0.717) is 12.8 Å². The van der Waals surface area contributed by atoms with Gasteiger partial charge in [-0.05, 0) is 49.7 Å². The van der Waals surface area contributed by atoms with Crippen LogP contribution in [0.15, 0.2) is 18.2 Å². The normalized spacial score (nSPS) is 27.3. The molecule has 4 nitrogen and oxygen atoms in total. The van der Waals surface area contributed by atoms with Crippen LogP contribution in [0.2, 0.25) is 0 Å². The summed E-state index contributed by atoms with van der Waals surface area (Å²) in [5.41, 5.74) is 4.87. The molecule has 1 aromatic heterocycles. The van der Waals surface area contributed by atoms with Crippen LogP contribution in [0.1, 0.15) is 49.4 Å². The summed E-state index contributed by atoms with van der Waals surface area (Å²) in [6.45, 7) is 2.91. The van der Waals surface area contributed by atoms with E-state index in [2.05, 4.69) is 30.1 Å². The first-order valence-corrected chi connectivity index (χ1v) is 8.64. The number of carbonyl (C=O) groups is 1. The highest BCUT2D eigenvalue weighted by Gasteiger charge is 2.44. The number of aliphatic carboxylic acids is 1. The van der Waals surface area contributed by atoms with Crippen molar-refractivity contribution in [1.82, 2.24) is 4.98 Å². The second-order valence-corrected chi connectivity index (χ2v) is 6.88. The summed E-state index contributed by atoms with van der Waals surface area (Å²) < 4.78 is 6.24. The van der Waals surface area contributed by atoms with Crippen molar-refractivity contribution in [2.24, 2.45) is 5.92 Å². The number of hydrogen-bond acceptors (Lipinski definition) is 2. The molecule has 2 heterocycles. The van der Waals surface area contributed by atoms with E-state index in [1.165, 1.54) is 27.7 Å². The number of aromatic nitrogens is 1. The van der Waals surface area contributed by atoms with E-state index >= 15 is 0 Å². The van der Waals surface area contributed by atoms with Crippen LogP contribution in [0.3, 0.4) is 0 Å². The zero-order chi connectivity index (χ0) is 16.0. The van der Waals surface area contributed by atoms with Crippen molar-refractivity contribution in [2.45, 2.75) is 51.0 Å². The van der Waals surface area contributed by atoms with Crippen LogP contribution in [0, 0.1) is 5.92 Å². The molecule has 1 aromatic carbocycles. The average molecular weight is 313 g/mol. The average Bonchev–Trinajstić information content (AvgIpc) is 2.96. The first kappa shape index (κ1) is 14.8. The van der Waals surface area contributed by atoms with Crippen molar-refractivity contribution in [3.8, 4) is 0 Å². The van der Waals surface area contributed by atoms with Crippen molar-refractivity contribution in [3.05, 3.63) is 35.0 Å². The minimum Gasteiger partial charge on any atom is -0.481 e. The molecule has 1 aliphatic heterocycles. The van der Waals surface area contributed by atoms with Gasteiger partial charge in [-0.3, -0.25) is 4.79 Å². The smallest absolute Gasteiger partial charge is 0.306 e. The van der Waals surface area contributed by atoms with Crippen molar-refractivity contribution in [2.75, 3.05) is 6.61 Å². The number of nitrogens with one attached hydrogen (secondary N) is 1. The Morgan fingerprint density at radius 3 is 2.87 bits per heavy atom. The molecule has 0 saturated heterocycles. The predicted octanol–water partition coefficient (Wildman–Crippen LogP) is 3.77. The fourth-order valence-corrected chi connectivity index (χ4v) is 4.42. The highest BCUT2D eigenvalue weighted by Crippen LogP contribution is 2.47.